The summed E-state index contributed by atoms with van der Waals surface area (Å²) in [4.78, 5) is 39.1. The van der Waals surface area contributed by atoms with Gasteiger partial charge in [0.05, 0.1) is 11.6 Å². The number of rotatable bonds is 13. The minimum absolute atomic E-state index is 0.0327. The van der Waals surface area contributed by atoms with E-state index in [4.69, 9.17) is 19.9 Å². The molecule has 19 heteroatoms. The number of nitrogen functional groups attached to an aromatic ring is 1. The number of amides is 1. The number of carbonyl (C=O) groups is 2. The smallest absolute Gasteiger partial charge is 0.413 e. The van der Waals surface area contributed by atoms with E-state index in [1.807, 2.05) is 12.1 Å². The summed E-state index contributed by atoms with van der Waals surface area (Å²) in [5.74, 6) is -1.04. The Balaban J connectivity index is 1.26. The monoisotopic (exact) mass is 678 g/mol. The van der Waals surface area contributed by atoms with Crippen molar-refractivity contribution in [3.8, 4) is 5.75 Å². The van der Waals surface area contributed by atoms with Crippen LogP contribution in [0.15, 0.2) is 41.0 Å². The maximum atomic E-state index is 13.3. The first-order valence-electron chi connectivity index (χ1n) is 14.2. The summed E-state index contributed by atoms with van der Waals surface area (Å²) in [5, 5.41) is 27.4. The number of benzene rings is 1. The van der Waals surface area contributed by atoms with Crippen LogP contribution in [0, 0.1) is 0 Å². The Bertz CT molecular complexity index is 1730. The lowest BCUT2D eigenvalue weighted by atomic mass is 9.85. The second-order valence-electron chi connectivity index (χ2n) is 11.2. The van der Waals surface area contributed by atoms with E-state index in [-0.39, 0.29) is 23.1 Å². The van der Waals surface area contributed by atoms with Gasteiger partial charge in [-0.2, -0.15) is 17.8 Å². The van der Waals surface area contributed by atoms with E-state index in [2.05, 4.69) is 35.4 Å². The fourth-order valence-electron chi connectivity index (χ4n) is 4.93. The molecule has 2 aliphatic rings. The normalized spacial score (nSPS) is 19.6. The number of pyridine rings is 1. The fraction of sp³-hybridized carbons (Fsp3) is 0.444. The summed E-state index contributed by atoms with van der Waals surface area (Å²) >= 11 is 1.03. The Morgan fingerprint density at radius 3 is 2.70 bits per heavy atom. The molecule has 5 rings (SSSR count). The fourth-order valence-corrected chi connectivity index (χ4v) is 5.96. The summed E-state index contributed by atoms with van der Waals surface area (Å²) in [6.45, 7) is 4.50. The third-order valence-electron chi connectivity index (χ3n) is 7.68. The van der Waals surface area contributed by atoms with Crippen LogP contribution in [0.25, 0.3) is 10.8 Å². The SMILES string of the molecule is CC1(C)C(NC(=O)/C(=N\O[C@@H](COc2ccc3c(NC4CCNCC4)nccc3c2)C(=O)O)c2csc(N)n2)CN1OS(=O)(=O)O. The zero-order chi connectivity index (χ0) is 33.1. The van der Waals surface area contributed by atoms with Crippen LogP contribution >= 0.6 is 11.3 Å². The van der Waals surface area contributed by atoms with Crippen LogP contribution in [-0.4, -0.2) is 101 Å². The van der Waals surface area contributed by atoms with E-state index in [0.717, 1.165) is 58.9 Å². The van der Waals surface area contributed by atoms with Gasteiger partial charge in [0.15, 0.2) is 10.8 Å². The first-order chi connectivity index (χ1) is 21.8. The van der Waals surface area contributed by atoms with Gasteiger partial charge in [0, 0.05) is 29.5 Å². The van der Waals surface area contributed by atoms with E-state index in [0.29, 0.717) is 11.8 Å². The molecule has 1 aromatic carbocycles. The molecule has 0 spiro atoms. The number of aromatic nitrogens is 2. The third kappa shape index (κ3) is 7.98. The standard InChI is InChI=1S/C27H34N8O9S2/c1-27(2)21(12-35(27)44-46(39,40)41)33-24(36)22(19-14-45-26(28)32-19)34-43-20(25(37)38)13-42-17-3-4-18-15(11-17)5-10-30-23(18)31-16-6-8-29-9-7-16/h3-5,10-11,14,16,20-21,29H,6-9,12-13H2,1-2H3,(H2,28,32)(H,30,31)(H,33,36)(H,37,38)(H,39,40,41)/b34-22-/t20-,21?/m0/s1. The van der Waals surface area contributed by atoms with Gasteiger partial charge in [0.2, 0.25) is 0 Å². The van der Waals surface area contributed by atoms with Gasteiger partial charge < -0.3 is 36.4 Å². The zero-order valence-corrected chi connectivity index (χ0v) is 26.5. The van der Waals surface area contributed by atoms with Crippen molar-refractivity contribution in [2.75, 3.05) is 37.3 Å². The zero-order valence-electron chi connectivity index (χ0n) is 24.9. The predicted octanol–water partition coefficient (Wildman–Crippen LogP) is 1.00. The average molecular weight is 679 g/mol. The minimum Gasteiger partial charge on any atom is -0.489 e. The van der Waals surface area contributed by atoms with E-state index >= 15 is 0 Å². The summed E-state index contributed by atoms with van der Waals surface area (Å²) < 4.78 is 41.5. The van der Waals surface area contributed by atoms with Crippen LogP contribution in [0.4, 0.5) is 10.9 Å². The molecule has 0 saturated carbocycles. The lowest BCUT2D eigenvalue weighted by molar-refractivity contribution is -0.214. The van der Waals surface area contributed by atoms with Crippen molar-refractivity contribution < 1.29 is 41.5 Å². The van der Waals surface area contributed by atoms with Crippen LogP contribution in [0.1, 0.15) is 32.4 Å². The summed E-state index contributed by atoms with van der Waals surface area (Å²) in [5.41, 5.74) is 4.36. The van der Waals surface area contributed by atoms with Gasteiger partial charge in [-0.05, 0) is 69.4 Å². The van der Waals surface area contributed by atoms with Crippen molar-refractivity contribution in [2.24, 2.45) is 5.16 Å². The molecule has 7 N–H and O–H groups in total. The van der Waals surface area contributed by atoms with E-state index in [9.17, 15) is 23.1 Å². The van der Waals surface area contributed by atoms with Gasteiger partial charge in [-0.25, -0.2) is 14.8 Å². The highest BCUT2D eigenvalue weighted by Crippen LogP contribution is 2.31. The molecule has 3 aromatic rings. The lowest BCUT2D eigenvalue weighted by Gasteiger charge is -2.52. The number of nitrogens with zero attached hydrogens (tertiary/aromatic N) is 4. The molecule has 0 bridgehead atoms. The minimum atomic E-state index is -4.76. The van der Waals surface area contributed by atoms with Crippen LogP contribution in [0.3, 0.4) is 0 Å². The number of hydrogen-bond donors (Lipinski definition) is 6. The maximum Gasteiger partial charge on any atom is 0.413 e. The second kappa shape index (κ2) is 13.7. The van der Waals surface area contributed by atoms with Crippen LogP contribution in [0.2, 0.25) is 0 Å². The van der Waals surface area contributed by atoms with Gasteiger partial charge >= 0.3 is 16.4 Å². The van der Waals surface area contributed by atoms with Gasteiger partial charge in [0.25, 0.3) is 12.0 Å². The molecule has 2 saturated heterocycles. The number of thiazole rings is 1. The highest BCUT2D eigenvalue weighted by atomic mass is 32.3. The molecule has 17 nitrogen and oxygen atoms in total. The Morgan fingerprint density at radius 1 is 1.28 bits per heavy atom. The average Bonchev–Trinajstić information content (AvgIpc) is 3.43. The van der Waals surface area contributed by atoms with Crippen molar-refractivity contribution in [2.45, 2.75) is 50.4 Å². The van der Waals surface area contributed by atoms with E-state index in [1.165, 1.54) is 5.38 Å². The Kier molecular flexibility index (Phi) is 9.89. The number of hydroxylamine groups is 2. The number of ether oxygens (including phenoxy) is 1. The van der Waals surface area contributed by atoms with Crippen molar-refractivity contribution >= 4 is 61.0 Å². The van der Waals surface area contributed by atoms with Crippen molar-refractivity contribution in [3.05, 3.63) is 41.5 Å². The number of carbonyl (C=O) groups excluding carboxylic acids is 1. The summed E-state index contributed by atoms with van der Waals surface area (Å²) in [6.07, 6.45) is 2.05. The molecule has 1 unspecified atom stereocenters. The number of nitrogens with two attached hydrogens (primary N) is 1. The molecular weight excluding hydrogens is 644 g/mol. The largest absolute Gasteiger partial charge is 0.489 e. The number of carboxylic acid groups (broad SMARTS) is 1. The van der Waals surface area contributed by atoms with E-state index < -0.39 is 46.6 Å². The van der Waals surface area contributed by atoms with Crippen LogP contribution in [0.5, 0.6) is 5.75 Å². The number of fused-ring (bicyclic) bond motifs is 1. The van der Waals surface area contributed by atoms with Crippen molar-refractivity contribution in [1.29, 1.82) is 0 Å². The first-order valence-corrected chi connectivity index (χ1v) is 16.5. The quantitative estimate of drug-likeness (QED) is 0.0840. The molecule has 248 valence electrons. The molecule has 46 heavy (non-hydrogen) atoms. The highest BCUT2D eigenvalue weighted by Gasteiger charge is 2.50. The van der Waals surface area contributed by atoms with Gasteiger partial charge in [-0.15, -0.1) is 11.3 Å². The molecule has 4 heterocycles. The number of hydrogen-bond acceptors (Lipinski definition) is 15. The molecule has 0 aliphatic carbocycles. The topological polar surface area (TPSA) is 240 Å². The number of nitrogens with one attached hydrogen (secondary N) is 3. The van der Waals surface area contributed by atoms with Gasteiger partial charge in [0.1, 0.15) is 23.9 Å². The molecule has 2 aromatic heterocycles. The molecule has 2 fully saturated rings. The lowest BCUT2D eigenvalue weighted by Crippen LogP contribution is -2.73. The van der Waals surface area contributed by atoms with Gasteiger partial charge in [-0.1, -0.05) is 5.16 Å². The van der Waals surface area contributed by atoms with Crippen molar-refractivity contribution in [3.63, 3.8) is 0 Å². The third-order valence-corrected chi connectivity index (χ3v) is 8.72. The Hall–Kier alpha value is -4.14. The molecule has 1 amide bonds. The van der Waals surface area contributed by atoms with E-state index in [1.54, 1.807) is 32.2 Å². The Morgan fingerprint density at radius 2 is 2.04 bits per heavy atom. The number of anilines is 2. The molecule has 2 atom stereocenters. The number of carboxylic acids is 1. The molecular formula is C27H34N8O9S2. The highest BCUT2D eigenvalue weighted by molar-refractivity contribution is 7.80. The van der Waals surface area contributed by atoms with Crippen molar-refractivity contribution in [1.82, 2.24) is 25.7 Å². The van der Waals surface area contributed by atoms with Gasteiger partial charge in [-0.3, -0.25) is 9.35 Å². The predicted molar refractivity (Wildman–Crippen MR) is 168 cm³/mol. The maximum absolute atomic E-state index is 13.3. The van der Waals surface area contributed by atoms with Crippen LogP contribution < -0.4 is 26.4 Å². The second-order valence-corrected chi connectivity index (χ2v) is 13.1. The van der Waals surface area contributed by atoms with Crippen LogP contribution in [-0.2, 0) is 29.1 Å². The summed E-state index contributed by atoms with van der Waals surface area (Å²) in [6, 6.07) is 6.79. The summed E-state index contributed by atoms with van der Waals surface area (Å²) in [7, 11) is -4.76. The number of oxime groups is 1. The molecule has 0 radical (unpaired) electrons. The number of aliphatic carboxylic acids is 1. The number of piperidine rings is 1. The Labute approximate surface area is 268 Å². The molecule has 2 aliphatic heterocycles. The first kappa shape index (κ1) is 33.2.